The van der Waals surface area contributed by atoms with Gasteiger partial charge in [0.1, 0.15) is 0 Å². The molecule has 1 unspecified atom stereocenters. The van der Waals surface area contributed by atoms with Crippen LogP contribution in [0.5, 0.6) is 0 Å². The molecular weight excluding hydrogens is 250 g/mol. The lowest BCUT2D eigenvalue weighted by atomic mass is 10.0. The van der Waals surface area contributed by atoms with Crippen molar-refractivity contribution in [1.82, 2.24) is 5.32 Å². The van der Waals surface area contributed by atoms with Crippen LogP contribution < -0.4 is 5.32 Å². The maximum Gasteiger partial charge on any atom is 0.0411 e. The molecule has 1 nitrogen and oxygen atoms in total. The summed E-state index contributed by atoms with van der Waals surface area (Å²) in [5, 5.41) is 4.54. The molecule has 0 saturated heterocycles. The van der Waals surface area contributed by atoms with Crippen molar-refractivity contribution < 1.29 is 0 Å². The smallest absolute Gasteiger partial charge is 0.0411 e. The molecule has 1 N–H and O–H groups in total. The monoisotopic (exact) mass is 277 g/mol. The van der Waals surface area contributed by atoms with E-state index in [0.717, 1.165) is 11.8 Å². The minimum atomic E-state index is 0.512. The first-order valence-corrected chi connectivity index (χ1v) is 8.76. The standard InChI is InChI=1S/C17H27NS/c1-3-18-17(15-11-9-14(2)10-12-15)13-19-16-7-5-4-6-8-16/h9-12,16-18H,3-8,13H2,1-2H3. The van der Waals surface area contributed by atoms with Gasteiger partial charge in [-0.3, -0.25) is 0 Å². The Kier molecular flexibility index (Phi) is 6.25. The summed E-state index contributed by atoms with van der Waals surface area (Å²) >= 11 is 2.18. The van der Waals surface area contributed by atoms with Crippen molar-refractivity contribution in [2.75, 3.05) is 12.3 Å². The van der Waals surface area contributed by atoms with Crippen LogP contribution in [0.25, 0.3) is 0 Å². The Balaban J connectivity index is 1.89. The number of aryl methyl sites for hydroxylation is 1. The van der Waals surface area contributed by atoms with Crippen LogP contribution in [0.1, 0.15) is 56.2 Å². The quantitative estimate of drug-likeness (QED) is 0.808. The van der Waals surface area contributed by atoms with Gasteiger partial charge in [-0.15, -0.1) is 0 Å². The van der Waals surface area contributed by atoms with Gasteiger partial charge >= 0.3 is 0 Å². The highest BCUT2D eigenvalue weighted by atomic mass is 32.2. The minimum absolute atomic E-state index is 0.512. The zero-order valence-electron chi connectivity index (χ0n) is 12.3. The number of hydrogen-bond donors (Lipinski definition) is 1. The maximum atomic E-state index is 3.64. The van der Waals surface area contributed by atoms with Crippen LogP contribution in [0.4, 0.5) is 0 Å². The van der Waals surface area contributed by atoms with Crippen molar-refractivity contribution in [3.8, 4) is 0 Å². The molecule has 2 rings (SSSR count). The second-order valence-electron chi connectivity index (χ2n) is 5.61. The Morgan fingerprint density at radius 1 is 1.16 bits per heavy atom. The van der Waals surface area contributed by atoms with Crippen molar-refractivity contribution in [3.63, 3.8) is 0 Å². The molecule has 1 aromatic carbocycles. The molecule has 2 heteroatoms. The minimum Gasteiger partial charge on any atom is -0.310 e. The third-order valence-corrected chi connectivity index (χ3v) is 5.45. The van der Waals surface area contributed by atoms with E-state index >= 15 is 0 Å². The van der Waals surface area contributed by atoms with Gasteiger partial charge in [0.2, 0.25) is 0 Å². The van der Waals surface area contributed by atoms with Gasteiger partial charge in [-0.25, -0.2) is 0 Å². The molecule has 1 aliphatic rings. The third-order valence-electron chi connectivity index (χ3n) is 3.98. The van der Waals surface area contributed by atoms with E-state index < -0.39 is 0 Å². The summed E-state index contributed by atoms with van der Waals surface area (Å²) in [4.78, 5) is 0. The van der Waals surface area contributed by atoms with Crippen LogP contribution in [-0.4, -0.2) is 17.5 Å². The van der Waals surface area contributed by atoms with Crippen molar-refractivity contribution in [2.24, 2.45) is 0 Å². The molecule has 1 aliphatic carbocycles. The highest BCUT2D eigenvalue weighted by Gasteiger charge is 2.17. The summed E-state index contributed by atoms with van der Waals surface area (Å²) < 4.78 is 0. The van der Waals surface area contributed by atoms with Crippen molar-refractivity contribution >= 4 is 11.8 Å². The molecule has 0 bridgehead atoms. The normalized spacial score (nSPS) is 18.4. The molecule has 1 fully saturated rings. The molecule has 0 aliphatic heterocycles. The highest BCUT2D eigenvalue weighted by molar-refractivity contribution is 7.99. The summed E-state index contributed by atoms with van der Waals surface area (Å²) in [5.41, 5.74) is 2.79. The lowest BCUT2D eigenvalue weighted by molar-refractivity contribution is 0.514. The van der Waals surface area contributed by atoms with E-state index in [0.29, 0.717) is 6.04 Å². The molecule has 1 saturated carbocycles. The zero-order valence-corrected chi connectivity index (χ0v) is 13.1. The predicted molar refractivity (Wildman–Crippen MR) is 86.9 cm³/mol. The molecule has 0 spiro atoms. The fraction of sp³-hybridized carbons (Fsp3) is 0.647. The van der Waals surface area contributed by atoms with E-state index in [-0.39, 0.29) is 0 Å². The summed E-state index contributed by atoms with van der Waals surface area (Å²) in [7, 11) is 0. The molecule has 0 heterocycles. The van der Waals surface area contributed by atoms with Crippen LogP contribution in [-0.2, 0) is 0 Å². The topological polar surface area (TPSA) is 12.0 Å². The molecule has 0 radical (unpaired) electrons. The Hall–Kier alpha value is -0.470. The van der Waals surface area contributed by atoms with Crippen LogP contribution >= 0.6 is 11.8 Å². The largest absolute Gasteiger partial charge is 0.310 e. The molecule has 19 heavy (non-hydrogen) atoms. The molecule has 0 aromatic heterocycles. The number of thioether (sulfide) groups is 1. The average Bonchev–Trinajstić information content (AvgIpc) is 2.46. The van der Waals surface area contributed by atoms with Gasteiger partial charge in [-0.2, -0.15) is 11.8 Å². The summed E-state index contributed by atoms with van der Waals surface area (Å²) in [6.07, 6.45) is 7.18. The zero-order chi connectivity index (χ0) is 13.5. The Morgan fingerprint density at radius 3 is 2.47 bits per heavy atom. The summed E-state index contributed by atoms with van der Waals surface area (Å²) in [6, 6.07) is 9.53. The van der Waals surface area contributed by atoms with E-state index in [1.165, 1.54) is 49.0 Å². The molecular formula is C17H27NS. The first kappa shape index (κ1) is 14.9. The lowest BCUT2D eigenvalue weighted by Gasteiger charge is -2.24. The maximum absolute atomic E-state index is 3.64. The second-order valence-corrected chi connectivity index (χ2v) is 6.95. The van der Waals surface area contributed by atoms with Gasteiger partial charge in [0, 0.05) is 17.0 Å². The summed E-state index contributed by atoms with van der Waals surface area (Å²) in [5.74, 6) is 1.21. The molecule has 1 aromatic rings. The SMILES string of the molecule is CCNC(CSC1CCCCC1)c1ccc(C)cc1. The summed E-state index contributed by atoms with van der Waals surface area (Å²) in [6.45, 7) is 5.40. The lowest BCUT2D eigenvalue weighted by Crippen LogP contribution is -2.24. The Labute approximate surface area is 122 Å². The van der Waals surface area contributed by atoms with Crippen LogP contribution in [0.3, 0.4) is 0 Å². The molecule has 106 valence electrons. The number of nitrogens with one attached hydrogen (secondary N) is 1. The van der Waals surface area contributed by atoms with Gasteiger partial charge in [0.15, 0.2) is 0 Å². The van der Waals surface area contributed by atoms with E-state index in [2.05, 4.69) is 55.2 Å². The van der Waals surface area contributed by atoms with E-state index in [1.807, 2.05) is 0 Å². The second kappa shape index (κ2) is 7.96. The first-order valence-electron chi connectivity index (χ1n) is 7.71. The highest BCUT2D eigenvalue weighted by Crippen LogP contribution is 2.31. The Bertz CT molecular complexity index is 354. The van der Waals surface area contributed by atoms with Crippen molar-refractivity contribution in [1.29, 1.82) is 0 Å². The number of benzene rings is 1. The average molecular weight is 277 g/mol. The fourth-order valence-corrected chi connectivity index (χ4v) is 4.22. The number of hydrogen-bond acceptors (Lipinski definition) is 2. The van der Waals surface area contributed by atoms with Crippen molar-refractivity contribution in [3.05, 3.63) is 35.4 Å². The predicted octanol–water partition coefficient (Wildman–Crippen LogP) is 4.71. The van der Waals surface area contributed by atoms with Crippen LogP contribution in [0.2, 0.25) is 0 Å². The van der Waals surface area contributed by atoms with Gasteiger partial charge < -0.3 is 5.32 Å². The van der Waals surface area contributed by atoms with Crippen LogP contribution in [0.15, 0.2) is 24.3 Å². The van der Waals surface area contributed by atoms with Gasteiger partial charge in [-0.05, 0) is 31.9 Å². The van der Waals surface area contributed by atoms with Gasteiger partial charge in [-0.1, -0.05) is 56.0 Å². The Morgan fingerprint density at radius 2 is 1.84 bits per heavy atom. The molecule has 0 amide bonds. The van der Waals surface area contributed by atoms with Crippen LogP contribution in [0, 0.1) is 6.92 Å². The van der Waals surface area contributed by atoms with Gasteiger partial charge in [0.25, 0.3) is 0 Å². The van der Waals surface area contributed by atoms with E-state index in [9.17, 15) is 0 Å². The fourth-order valence-electron chi connectivity index (χ4n) is 2.78. The van der Waals surface area contributed by atoms with E-state index in [1.54, 1.807) is 0 Å². The first-order chi connectivity index (χ1) is 9.29. The third kappa shape index (κ3) is 4.85. The van der Waals surface area contributed by atoms with Gasteiger partial charge in [0.05, 0.1) is 0 Å². The molecule has 1 atom stereocenters. The van der Waals surface area contributed by atoms with E-state index in [4.69, 9.17) is 0 Å². The number of rotatable bonds is 6. The van der Waals surface area contributed by atoms with Crippen molar-refractivity contribution in [2.45, 2.75) is 57.2 Å².